The third-order valence-electron chi connectivity index (χ3n) is 1.53. The molecule has 0 aliphatic carbocycles. The van der Waals surface area contributed by atoms with E-state index in [1.165, 1.54) is 0 Å². The van der Waals surface area contributed by atoms with Gasteiger partial charge in [0.2, 0.25) is 10.0 Å². The lowest BCUT2D eigenvalue weighted by molar-refractivity contribution is 0.323. The normalized spacial score (nSPS) is 11.3. The molecule has 0 saturated carbocycles. The summed E-state index contributed by atoms with van der Waals surface area (Å²) in [5.41, 5.74) is 0. The van der Waals surface area contributed by atoms with Crippen molar-refractivity contribution in [1.82, 2.24) is 4.72 Å². The predicted octanol–water partition coefficient (Wildman–Crippen LogP) is 1.27. The molecule has 1 N–H and O–H groups in total. The number of hydrogen-bond donors (Lipinski definition) is 1. The van der Waals surface area contributed by atoms with E-state index in [2.05, 4.69) is 4.72 Å². The van der Waals surface area contributed by atoms with Gasteiger partial charge in [0.1, 0.15) is 12.4 Å². The summed E-state index contributed by atoms with van der Waals surface area (Å²) in [6, 6.07) is 6.93. The molecule has 4 nitrogen and oxygen atoms in total. The highest BCUT2D eigenvalue weighted by molar-refractivity contribution is 7.88. The third kappa shape index (κ3) is 5.61. The molecule has 0 radical (unpaired) electrons. The molecule has 0 bridgehead atoms. The van der Waals surface area contributed by atoms with Crippen molar-refractivity contribution in [3.8, 4) is 5.75 Å². The highest BCUT2D eigenvalue weighted by Crippen LogP contribution is 2.16. The number of rotatable bonds is 5. The van der Waals surface area contributed by atoms with Gasteiger partial charge in [-0.3, -0.25) is 0 Å². The molecule has 0 aromatic heterocycles. The number of benzene rings is 1. The smallest absolute Gasteiger partial charge is 0.208 e. The van der Waals surface area contributed by atoms with E-state index in [1.54, 1.807) is 24.3 Å². The zero-order chi connectivity index (χ0) is 11.3. The molecule has 1 rings (SSSR count). The minimum absolute atomic E-state index is 0.241. The van der Waals surface area contributed by atoms with Gasteiger partial charge in [-0.1, -0.05) is 17.7 Å². The van der Waals surface area contributed by atoms with Crippen molar-refractivity contribution in [3.05, 3.63) is 29.3 Å². The Bertz CT molecular complexity index is 419. The Kier molecular flexibility index (Phi) is 4.38. The van der Waals surface area contributed by atoms with Gasteiger partial charge in [-0.15, -0.1) is 0 Å². The van der Waals surface area contributed by atoms with Crippen LogP contribution in [0.25, 0.3) is 0 Å². The maximum Gasteiger partial charge on any atom is 0.208 e. The zero-order valence-corrected chi connectivity index (χ0v) is 9.81. The maximum absolute atomic E-state index is 10.7. The topological polar surface area (TPSA) is 55.4 Å². The SMILES string of the molecule is CS(=O)(=O)NCCOc1cccc(Cl)c1. The monoisotopic (exact) mass is 249 g/mol. The second kappa shape index (κ2) is 5.34. The van der Waals surface area contributed by atoms with E-state index in [-0.39, 0.29) is 13.2 Å². The molecule has 1 aromatic rings. The number of nitrogens with one attached hydrogen (secondary N) is 1. The van der Waals surface area contributed by atoms with Gasteiger partial charge >= 0.3 is 0 Å². The van der Waals surface area contributed by atoms with Crippen molar-refractivity contribution < 1.29 is 13.2 Å². The van der Waals surface area contributed by atoms with Crippen LogP contribution in [-0.4, -0.2) is 27.8 Å². The summed E-state index contributed by atoms with van der Waals surface area (Å²) in [5.74, 6) is 0.623. The van der Waals surface area contributed by atoms with Crippen molar-refractivity contribution in [1.29, 1.82) is 0 Å². The van der Waals surface area contributed by atoms with Crippen LogP contribution in [0.1, 0.15) is 0 Å². The highest BCUT2D eigenvalue weighted by Gasteiger charge is 1.99. The molecule has 0 atom stereocenters. The van der Waals surface area contributed by atoms with Crippen molar-refractivity contribution in [3.63, 3.8) is 0 Å². The fraction of sp³-hybridized carbons (Fsp3) is 0.333. The number of halogens is 1. The molecule has 0 saturated heterocycles. The summed E-state index contributed by atoms with van der Waals surface area (Å²) >= 11 is 5.74. The molecule has 0 spiro atoms. The summed E-state index contributed by atoms with van der Waals surface area (Å²) in [6.07, 6.45) is 1.10. The lowest BCUT2D eigenvalue weighted by Gasteiger charge is -2.06. The minimum Gasteiger partial charge on any atom is -0.492 e. The fourth-order valence-corrected chi connectivity index (χ4v) is 1.59. The Morgan fingerprint density at radius 1 is 1.47 bits per heavy atom. The first kappa shape index (κ1) is 12.3. The van der Waals surface area contributed by atoms with Crippen LogP contribution in [0, 0.1) is 0 Å². The molecular formula is C9H12ClNO3S. The average molecular weight is 250 g/mol. The largest absolute Gasteiger partial charge is 0.492 e. The Morgan fingerprint density at radius 3 is 2.80 bits per heavy atom. The summed E-state index contributed by atoms with van der Waals surface area (Å²) in [6.45, 7) is 0.513. The van der Waals surface area contributed by atoms with Crippen LogP contribution in [-0.2, 0) is 10.0 Å². The minimum atomic E-state index is -3.14. The lowest BCUT2D eigenvalue weighted by atomic mass is 10.3. The predicted molar refractivity (Wildman–Crippen MR) is 59.8 cm³/mol. The third-order valence-corrected chi connectivity index (χ3v) is 2.49. The maximum atomic E-state index is 10.7. The van der Waals surface area contributed by atoms with E-state index in [4.69, 9.17) is 16.3 Å². The molecule has 84 valence electrons. The molecule has 0 aliphatic rings. The average Bonchev–Trinajstić information content (AvgIpc) is 2.11. The Hall–Kier alpha value is -0.780. The zero-order valence-electron chi connectivity index (χ0n) is 8.23. The van der Waals surface area contributed by atoms with Crippen LogP contribution in [0.3, 0.4) is 0 Å². The summed E-state index contributed by atoms with van der Waals surface area (Å²) in [7, 11) is -3.14. The molecular weight excluding hydrogens is 238 g/mol. The summed E-state index contributed by atoms with van der Waals surface area (Å²) in [5, 5.41) is 0.587. The second-order valence-electron chi connectivity index (χ2n) is 2.97. The van der Waals surface area contributed by atoms with Crippen LogP contribution in [0.4, 0.5) is 0 Å². The van der Waals surface area contributed by atoms with E-state index >= 15 is 0 Å². The Labute approximate surface area is 94.3 Å². The van der Waals surface area contributed by atoms with Gasteiger partial charge in [-0.05, 0) is 18.2 Å². The standard InChI is InChI=1S/C9H12ClNO3S/c1-15(12,13)11-5-6-14-9-4-2-3-8(10)7-9/h2-4,7,11H,5-6H2,1H3. The number of ether oxygens (including phenoxy) is 1. The first-order valence-corrected chi connectivity index (χ1v) is 6.57. The van der Waals surface area contributed by atoms with Gasteiger partial charge < -0.3 is 4.74 Å². The molecule has 15 heavy (non-hydrogen) atoms. The number of sulfonamides is 1. The first-order chi connectivity index (χ1) is 6.97. The van der Waals surface area contributed by atoms with Crippen LogP contribution >= 0.6 is 11.6 Å². The van der Waals surface area contributed by atoms with Crippen molar-refractivity contribution >= 4 is 21.6 Å². The first-order valence-electron chi connectivity index (χ1n) is 4.30. The molecule has 6 heteroatoms. The van der Waals surface area contributed by atoms with Gasteiger partial charge in [-0.2, -0.15) is 0 Å². The summed E-state index contributed by atoms with van der Waals surface area (Å²) in [4.78, 5) is 0. The van der Waals surface area contributed by atoms with Gasteiger partial charge in [-0.25, -0.2) is 13.1 Å². The molecule has 0 fully saturated rings. The Morgan fingerprint density at radius 2 is 2.20 bits per heavy atom. The Balaban J connectivity index is 2.32. The molecule has 0 heterocycles. The van der Waals surface area contributed by atoms with Gasteiger partial charge in [0.05, 0.1) is 6.26 Å². The molecule has 1 aromatic carbocycles. The van der Waals surface area contributed by atoms with Crippen molar-refractivity contribution in [2.75, 3.05) is 19.4 Å². The van der Waals surface area contributed by atoms with E-state index in [0.717, 1.165) is 6.26 Å². The molecule has 0 aliphatic heterocycles. The van der Waals surface area contributed by atoms with E-state index in [0.29, 0.717) is 10.8 Å². The fourth-order valence-electron chi connectivity index (χ4n) is 0.953. The number of hydrogen-bond acceptors (Lipinski definition) is 3. The second-order valence-corrected chi connectivity index (χ2v) is 5.24. The van der Waals surface area contributed by atoms with E-state index < -0.39 is 10.0 Å². The van der Waals surface area contributed by atoms with Crippen molar-refractivity contribution in [2.45, 2.75) is 0 Å². The highest BCUT2D eigenvalue weighted by atomic mass is 35.5. The molecule has 0 amide bonds. The van der Waals surface area contributed by atoms with E-state index in [9.17, 15) is 8.42 Å². The quantitative estimate of drug-likeness (QED) is 0.800. The van der Waals surface area contributed by atoms with Crippen LogP contribution in [0.2, 0.25) is 5.02 Å². The van der Waals surface area contributed by atoms with Gasteiger partial charge in [0, 0.05) is 11.6 Å². The lowest BCUT2D eigenvalue weighted by Crippen LogP contribution is -2.26. The van der Waals surface area contributed by atoms with Gasteiger partial charge in [0.15, 0.2) is 0 Å². The van der Waals surface area contributed by atoms with Crippen LogP contribution < -0.4 is 9.46 Å². The summed E-state index contributed by atoms with van der Waals surface area (Å²) < 4.78 is 29.0. The molecule has 0 unspecified atom stereocenters. The van der Waals surface area contributed by atoms with Crippen molar-refractivity contribution in [2.24, 2.45) is 0 Å². The van der Waals surface area contributed by atoms with Gasteiger partial charge in [0.25, 0.3) is 0 Å². The van der Waals surface area contributed by atoms with Crippen LogP contribution in [0.5, 0.6) is 5.75 Å². The van der Waals surface area contributed by atoms with Crippen LogP contribution in [0.15, 0.2) is 24.3 Å². The van der Waals surface area contributed by atoms with E-state index in [1.807, 2.05) is 0 Å².